The fourth-order valence-electron chi connectivity index (χ4n) is 3.45. The van der Waals surface area contributed by atoms with Crippen LogP contribution in [0.5, 0.6) is 0 Å². The minimum absolute atomic E-state index is 0.0381. The topological polar surface area (TPSA) is 84.8 Å². The molecule has 1 atom stereocenters. The molecule has 0 aromatic rings. The lowest BCUT2D eigenvalue weighted by molar-refractivity contribution is -0.0298. The van der Waals surface area contributed by atoms with Crippen LogP contribution >= 0.6 is 0 Å². The molecule has 0 radical (unpaired) electrons. The molecule has 0 aliphatic carbocycles. The van der Waals surface area contributed by atoms with Gasteiger partial charge in [0.2, 0.25) is 0 Å². The fourth-order valence-corrected chi connectivity index (χ4v) is 3.45. The van der Waals surface area contributed by atoms with E-state index < -0.39 is 0 Å². The number of hydrogen-bond donors (Lipinski definition) is 1. The van der Waals surface area contributed by atoms with E-state index >= 15 is 0 Å². The molecular formula is C27H56O8. The molecule has 0 aliphatic rings. The highest BCUT2D eigenvalue weighted by atomic mass is 16.6. The SMILES string of the molecule is CCCCCCCC(CCCCC)OCCOCCOCCOCCOCCOCCOCCO. The van der Waals surface area contributed by atoms with E-state index in [1.807, 2.05) is 0 Å². The Hall–Kier alpha value is -0.320. The van der Waals surface area contributed by atoms with Crippen LogP contribution in [0.1, 0.15) is 78.1 Å². The Morgan fingerprint density at radius 3 is 1.20 bits per heavy atom. The fraction of sp³-hybridized carbons (Fsp3) is 1.00. The molecule has 0 heterocycles. The van der Waals surface area contributed by atoms with Crippen LogP contribution in [0.4, 0.5) is 0 Å². The number of unbranched alkanes of at least 4 members (excludes halogenated alkanes) is 6. The van der Waals surface area contributed by atoms with Crippen molar-refractivity contribution in [2.75, 3.05) is 92.5 Å². The van der Waals surface area contributed by atoms with Gasteiger partial charge in [0.15, 0.2) is 0 Å². The molecule has 1 N–H and O–H groups in total. The molecule has 212 valence electrons. The first-order valence-corrected chi connectivity index (χ1v) is 14.0. The van der Waals surface area contributed by atoms with E-state index in [9.17, 15) is 0 Å². The van der Waals surface area contributed by atoms with Gasteiger partial charge in [0, 0.05) is 0 Å². The Labute approximate surface area is 215 Å². The summed E-state index contributed by atoms with van der Waals surface area (Å²) in [5.74, 6) is 0. The molecule has 0 saturated carbocycles. The average Bonchev–Trinajstić information content (AvgIpc) is 2.87. The van der Waals surface area contributed by atoms with Crippen molar-refractivity contribution in [2.24, 2.45) is 0 Å². The largest absolute Gasteiger partial charge is 0.394 e. The molecule has 0 amide bonds. The maximum Gasteiger partial charge on any atom is 0.0704 e. The van der Waals surface area contributed by atoms with Crippen molar-refractivity contribution in [3.63, 3.8) is 0 Å². The van der Waals surface area contributed by atoms with Crippen molar-refractivity contribution in [1.29, 1.82) is 0 Å². The van der Waals surface area contributed by atoms with E-state index in [2.05, 4.69) is 13.8 Å². The Morgan fingerprint density at radius 2 is 0.771 bits per heavy atom. The third-order valence-electron chi connectivity index (χ3n) is 5.44. The van der Waals surface area contributed by atoms with E-state index in [4.69, 9.17) is 38.3 Å². The first-order valence-electron chi connectivity index (χ1n) is 14.0. The van der Waals surface area contributed by atoms with Crippen LogP contribution in [0.2, 0.25) is 0 Å². The summed E-state index contributed by atoms with van der Waals surface area (Å²) >= 11 is 0. The van der Waals surface area contributed by atoms with E-state index in [0.717, 1.165) is 0 Å². The molecule has 8 nitrogen and oxygen atoms in total. The number of aliphatic hydroxyl groups is 1. The van der Waals surface area contributed by atoms with Gasteiger partial charge in [-0.3, -0.25) is 0 Å². The molecule has 8 heteroatoms. The molecule has 35 heavy (non-hydrogen) atoms. The van der Waals surface area contributed by atoms with Gasteiger partial charge in [-0.25, -0.2) is 0 Å². The van der Waals surface area contributed by atoms with Gasteiger partial charge in [0.1, 0.15) is 0 Å². The maximum absolute atomic E-state index is 8.57. The van der Waals surface area contributed by atoms with Gasteiger partial charge in [0.05, 0.1) is 98.6 Å². The number of aliphatic hydroxyl groups excluding tert-OH is 1. The molecule has 0 aromatic carbocycles. The molecule has 0 rings (SSSR count). The van der Waals surface area contributed by atoms with Gasteiger partial charge in [-0.1, -0.05) is 65.2 Å². The predicted molar refractivity (Wildman–Crippen MR) is 139 cm³/mol. The van der Waals surface area contributed by atoms with Gasteiger partial charge >= 0.3 is 0 Å². The quantitative estimate of drug-likeness (QED) is 0.138. The lowest BCUT2D eigenvalue weighted by Crippen LogP contribution is -2.18. The zero-order valence-corrected chi connectivity index (χ0v) is 22.9. The Balaban J connectivity index is 3.37. The van der Waals surface area contributed by atoms with Crippen molar-refractivity contribution >= 4 is 0 Å². The smallest absolute Gasteiger partial charge is 0.0704 e. The summed E-state index contributed by atoms with van der Waals surface area (Å²) in [5.41, 5.74) is 0. The summed E-state index contributed by atoms with van der Waals surface area (Å²) < 4.78 is 38.6. The van der Waals surface area contributed by atoms with Gasteiger partial charge < -0.3 is 38.3 Å². The third-order valence-corrected chi connectivity index (χ3v) is 5.44. The molecule has 1 unspecified atom stereocenters. The zero-order chi connectivity index (χ0) is 25.5. The van der Waals surface area contributed by atoms with E-state index in [-0.39, 0.29) is 6.61 Å². The van der Waals surface area contributed by atoms with Gasteiger partial charge in [0.25, 0.3) is 0 Å². The van der Waals surface area contributed by atoms with Gasteiger partial charge in [-0.05, 0) is 12.8 Å². The highest BCUT2D eigenvalue weighted by Gasteiger charge is 2.08. The van der Waals surface area contributed by atoms with Crippen molar-refractivity contribution < 1.29 is 38.3 Å². The summed E-state index contributed by atoms with van der Waals surface area (Å²) in [6.45, 7) is 11.5. The Bertz CT molecular complexity index is 373. The lowest BCUT2D eigenvalue weighted by Gasteiger charge is -2.18. The van der Waals surface area contributed by atoms with E-state index in [1.54, 1.807) is 0 Å². The Kier molecular flexibility index (Phi) is 31.4. The van der Waals surface area contributed by atoms with Crippen LogP contribution in [0.25, 0.3) is 0 Å². The minimum Gasteiger partial charge on any atom is -0.394 e. The molecule has 0 bridgehead atoms. The van der Waals surface area contributed by atoms with Crippen LogP contribution in [-0.4, -0.2) is 104 Å². The highest BCUT2D eigenvalue weighted by Crippen LogP contribution is 2.15. The van der Waals surface area contributed by atoms with Crippen molar-refractivity contribution in [1.82, 2.24) is 0 Å². The predicted octanol–water partition coefficient (Wildman–Crippen LogP) is 4.40. The number of ether oxygens (including phenoxy) is 7. The Morgan fingerprint density at radius 1 is 0.429 bits per heavy atom. The standard InChI is InChI=1S/C27H56O8/c1-3-5-7-8-10-12-27(11-9-6-4-2)35-26-25-34-24-23-33-22-21-32-20-19-31-18-17-30-16-15-29-14-13-28/h27-28H,3-26H2,1-2H3. The maximum atomic E-state index is 8.57. The van der Waals surface area contributed by atoms with Crippen LogP contribution in [0, 0.1) is 0 Å². The van der Waals surface area contributed by atoms with Crippen LogP contribution < -0.4 is 0 Å². The summed E-state index contributed by atoms with van der Waals surface area (Å²) in [6.07, 6.45) is 13.1. The number of hydrogen-bond acceptors (Lipinski definition) is 8. The molecule has 0 spiro atoms. The van der Waals surface area contributed by atoms with Crippen LogP contribution in [0.15, 0.2) is 0 Å². The summed E-state index contributed by atoms with van der Waals surface area (Å²) in [7, 11) is 0. The summed E-state index contributed by atoms with van der Waals surface area (Å²) in [4.78, 5) is 0. The number of rotatable bonds is 31. The van der Waals surface area contributed by atoms with Crippen molar-refractivity contribution in [3.8, 4) is 0 Å². The van der Waals surface area contributed by atoms with Crippen molar-refractivity contribution in [3.05, 3.63) is 0 Å². The zero-order valence-electron chi connectivity index (χ0n) is 22.9. The highest BCUT2D eigenvalue weighted by molar-refractivity contribution is 4.60. The second-order valence-electron chi connectivity index (χ2n) is 8.59. The molecule has 0 saturated heterocycles. The van der Waals surface area contributed by atoms with E-state index in [1.165, 1.54) is 64.2 Å². The minimum atomic E-state index is 0.0381. The summed E-state index contributed by atoms with van der Waals surface area (Å²) in [5, 5.41) is 8.57. The first-order chi connectivity index (χ1) is 17.3. The lowest BCUT2D eigenvalue weighted by atomic mass is 10.0. The normalized spacial score (nSPS) is 12.4. The molecule has 0 aliphatic heterocycles. The van der Waals surface area contributed by atoms with E-state index in [0.29, 0.717) is 92.0 Å². The monoisotopic (exact) mass is 508 g/mol. The second kappa shape index (κ2) is 31.7. The van der Waals surface area contributed by atoms with Crippen molar-refractivity contribution in [2.45, 2.75) is 84.2 Å². The van der Waals surface area contributed by atoms with Crippen LogP contribution in [-0.2, 0) is 33.2 Å². The summed E-state index contributed by atoms with van der Waals surface area (Å²) in [6, 6.07) is 0. The van der Waals surface area contributed by atoms with Crippen LogP contribution in [0.3, 0.4) is 0 Å². The van der Waals surface area contributed by atoms with Gasteiger partial charge in [-0.2, -0.15) is 0 Å². The molecule has 0 aromatic heterocycles. The average molecular weight is 509 g/mol. The first kappa shape index (κ1) is 34.7. The second-order valence-corrected chi connectivity index (χ2v) is 8.59. The molecular weight excluding hydrogens is 452 g/mol. The van der Waals surface area contributed by atoms with Gasteiger partial charge in [-0.15, -0.1) is 0 Å². The molecule has 0 fully saturated rings. The third kappa shape index (κ3) is 29.8.